The van der Waals surface area contributed by atoms with Crippen molar-refractivity contribution in [2.75, 3.05) is 5.32 Å². The molecule has 0 aliphatic carbocycles. The molecule has 0 saturated carbocycles. The zero-order valence-corrected chi connectivity index (χ0v) is 11.2. The number of benzene rings is 1. The van der Waals surface area contributed by atoms with Gasteiger partial charge in [0.05, 0.1) is 11.3 Å². The highest BCUT2D eigenvalue weighted by Gasteiger charge is 2.12. The van der Waals surface area contributed by atoms with Crippen LogP contribution >= 0.6 is 27.5 Å². The number of carbonyl (C=O) groups excluding carboxylic acids is 1. The lowest BCUT2D eigenvalue weighted by Gasteiger charge is -2.06. The van der Waals surface area contributed by atoms with E-state index in [0.29, 0.717) is 10.2 Å². The van der Waals surface area contributed by atoms with Crippen LogP contribution in [-0.4, -0.2) is 26.6 Å². The number of nitrogens with one attached hydrogen (secondary N) is 1. The molecular formula is C10H6BrN3O3S. The summed E-state index contributed by atoms with van der Waals surface area (Å²) >= 11 is 4.27. The van der Waals surface area contributed by atoms with Crippen LogP contribution in [0.3, 0.4) is 0 Å². The van der Waals surface area contributed by atoms with Crippen molar-refractivity contribution < 1.29 is 14.7 Å². The Hall–Kier alpha value is -1.80. The summed E-state index contributed by atoms with van der Waals surface area (Å²) in [5.41, 5.74) is 0.822. The predicted molar refractivity (Wildman–Crippen MR) is 69.0 cm³/mol. The fraction of sp³-hybridized carbons (Fsp3) is 0. The third kappa shape index (κ3) is 2.71. The smallest absolute Gasteiger partial charge is 0.335 e. The molecule has 1 heterocycles. The molecule has 0 bridgehead atoms. The molecule has 0 saturated heterocycles. The number of aromatic nitrogens is 2. The zero-order chi connectivity index (χ0) is 13.1. The lowest BCUT2D eigenvalue weighted by Crippen LogP contribution is -2.13. The first-order valence-electron chi connectivity index (χ1n) is 4.69. The number of aromatic carboxylic acids is 1. The van der Waals surface area contributed by atoms with Crippen LogP contribution in [0.5, 0.6) is 0 Å². The zero-order valence-electron chi connectivity index (χ0n) is 8.75. The van der Waals surface area contributed by atoms with E-state index in [2.05, 4.69) is 30.8 Å². The van der Waals surface area contributed by atoms with Gasteiger partial charge in [-0.2, -0.15) is 0 Å². The minimum atomic E-state index is -1.03. The molecule has 0 radical (unpaired) electrons. The number of nitrogens with zero attached hydrogens (tertiary/aromatic N) is 2. The third-order valence-electron chi connectivity index (χ3n) is 2.06. The van der Waals surface area contributed by atoms with Crippen LogP contribution in [0, 0.1) is 0 Å². The number of carboxylic acid groups (broad SMARTS) is 1. The molecule has 92 valence electrons. The Morgan fingerprint density at radius 3 is 2.72 bits per heavy atom. The highest BCUT2D eigenvalue weighted by Crippen LogP contribution is 2.24. The molecule has 0 aliphatic heterocycles. The Bertz CT molecular complexity index is 600. The molecule has 0 spiro atoms. The summed E-state index contributed by atoms with van der Waals surface area (Å²) in [6, 6.07) is 4.32. The number of hydrogen-bond donors (Lipinski definition) is 2. The molecule has 2 rings (SSSR count). The maximum atomic E-state index is 11.7. The molecule has 6 nitrogen and oxygen atoms in total. The highest BCUT2D eigenvalue weighted by atomic mass is 79.9. The summed E-state index contributed by atoms with van der Waals surface area (Å²) < 4.78 is 4.07. The number of anilines is 1. The van der Waals surface area contributed by atoms with E-state index >= 15 is 0 Å². The SMILES string of the molecule is O=C(O)c1ccc(NC(=O)c2csnn2)c(Br)c1. The molecule has 8 heteroatoms. The van der Waals surface area contributed by atoms with E-state index in [1.807, 2.05) is 0 Å². The van der Waals surface area contributed by atoms with Crippen molar-refractivity contribution in [3.8, 4) is 0 Å². The van der Waals surface area contributed by atoms with Gasteiger partial charge in [0.2, 0.25) is 0 Å². The van der Waals surface area contributed by atoms with Gasteiger partial charge in [-0.15, -0.1) is 5.10 Å². The van der Waals surface area contributed by atoms with E-state index in [0.717, 1.165) is 11.5 Å². The van der Waals surface area contributed by atoms with Crippen molar-refractivity contribution >= 4 is 45.0 Å². The van der Waals surface area contributed by atoms with Crippen LogP contribution in [0.15, 0.2) is 28.1 Å². The Morgan fingerprint density at radius 1 is 1.39 bits per heavy atom. The van der Waals surface area contributed by atoms with Gasteiger partial charge in [0.15, 0.2) is 5.69 Å². The first kappa shape index (κ1) is 12.7. The highest BCUT2D eigenvalue weighted by molar-refractivity contribution is 9.10. The second-order valence-electron chi connectivity index (χ2n) is 3.24. The maximum Gasteiger partial charge on any atom is 0.335 e. The van der Waals surface area contributed by atoms with Crippen LogP contribution in [0.2, 0.25) is 0 Å². The standard InChI is InChI=1S/C10H6BrN3O3S/c11-6-3-5(10(16)17)1-2-7(6)12-9(15)8-4-18-14-13-8/h1-4H,(H,12,15)(H,16,17). The van der Waals surface area contributed by atoms with Gasteiger partial charge in [-0.1, -0.05) is 4.49 Å². The maximum absolute atomic E-state index is 11.7. The molecule has 1 amide bonds. The summed E-state index contributed by atoms with van der Waals surface area (Å²) in [5.74, 6) is -1.43. The fourth-order valence-corrected chi connectivity index (χ4v) is 2.11. The number of carboxylic acids is 1. The van der Waals surface area contributed by atoms with E-state index in [9.17, 15) is 9.59 Å². The van der Waals surface area contributed by atoms with Gasteiger partial charge < -0.3 is 10.4 Å². The van der Waals surface area contributed by atoms with Crippen molar-refractivity contribution in [2.24, 2.45) is 0 Å². The van der Waals surface area contributed by atoms with Crippen LogP contribution < -0.4 is 5.32 Å². The first-order valence-corrected chi connectivity index (χ1v) is 6.32. The number of hydrogen-bond acceptors (Lipinski definition) is 5. The predicted octanol–water partition coefficient (Wildman–Crippen LogP) is 2.25. The molecule has 0 unspecified atom stereocenters. The van der Waals surface area contributed by atoms with Crippen molar-refractivity contribution in [1.82, 2.24) is 9.59 Å². The molecule has 2 N–H and O–H groups in total. The van der Waals surface area contributed by atoms with Gasteiger partial charge in [-0.3, -0.25) is 4.79 Å². The topological polar surface area (TPSA) is 92.2 Å². The van der Waals surface area contributed by atoms with Gasteiger partial charge in [-0.05, 0) is 45.7 Å². The Labute approximate surface area is 114 Å². The van der Waals surface area contributed by atoms with Crippen LogP contribution in [0.1, 0.15) is 20.8 Å². The van der Waals surface area contributed by atoms with Crippen molar-refractivity contribution in [3.05, 3.63) is 39.3 Å². The minimum absolute atomic E-state index is 0.134. The number of amides is 1. The van der Waals surface area contributed by atoms with Gasteiger partial charge in [-0.25, -0.2) is 4.79 Å². The van der Waals surface area contributed by atoms with E-state index < -0.39 is 11.9 Å². The molecule has 0 fully saturated rings. The Balaban J connectivity index is 2.20. The average Bonchev–Trinajstić information content (AvgIpc) is 2.85. The summed E-state index contributed by atoms with van der Waals surface area (Å²) in [6.07, 6.45) is 0. The normalized spacial score (nSPS) is 10.1. The summed E-state index contributed by atoms with van der Waals surface area (Å²) in [5, 5.41) is 16.6. The third-order valence-corrected chi connectivity index (χ3v) is 3.22. The number of halogens is 1. The molecule has 2 aromatic rings. The fourth-order valence-electron chi connectivity index (χ4n) is 1.20. The van der Waals surface area contributed by atoms with E-state index in [1.165, 1.54) is 23.6 Å². The monoisotopic (exact) mass is 327 g/mol. The van der Waals surface area contributed by atoms with Gasteiger partial charge >= 0.3 is 5.97 Å². The van der Waals surface area contributed by atoms with Crippen molar-refractivity contribution in [3.63, 3.8) is 0 Å². The lowest BCUT2D eigenvalue weighted by atomic mass is 10.2. The van der Waals surface area contributed by atoms with Gasteiger partial charge in [0.25, 0.3) is 5.91 Å². The molecule has 1 aromatic carbocycles. The second-order valence-corrected chi connectivity index (χ2v) is 4.71. The molecular weight excluding hydrogens is 322 g/mol. The average molecular weight is 328 g/mol. The minimum Gasteiger partial charge on any atom is -0.478 e. The number of rotatable bonds is 3. The van der Waals surface area contributed by atoms with Crippen LogP contribution in [0.4, 0.5) is 5.69 Å². The summed E-state index contributed by atoms with van der Waals surface area (Å²) in [7, 11) is 0. The molecule has 18 heavy (non-hydrogen) atoms. The van der Waals surface area contributed by atoms with Crippen molar-refractivity contribution in [1.29, 1.82) is 0 Å². The van der Waals surface area contributed by atoms with Crippen LogP contribution in [-0.2, 0) is 0 Å². The largest absolute Gasteiger partial charge is 0.478 e. The molecule has 0 aliphatic rings. The van der Waals surface area contributed by atoms with E-state index in [4.69, 9.17) is 5.11 Å². The van der Waals surface area contributed by atoms with Crippen LogP contribution in [0.25, 0.3) is 0 Å². The number of carbonyl (C=O) groups is 2. The first-order chi connectivity index (χ1) is 8.58. The molecule has 0 atom stereocenters. The quantitative estimate of drug-likeness (QED) is 0.901. The Kier molecular flexibility index (Phi) is 3.68. The van der Waals surface area contributed by atoms with Crippen molar-refractivity contribution in [2.45, 2.75) is 0 Å². The summed E-state index contributed by atoms with van der Waals surface area (Å²) in [6.45, 7) is 0. The lowest BCUT2D eigenvalue weighted by molar-refractivity contribution is 0.0696. The molecule has 1 aromatic heterocycles. The van der Waals surface area contributed by atoms with Gasteiger partial charge in [0, 0.05) is 9.85 Å². The Morgan fingerprint density at radius 2 is 2.17 bits per heavy atom. The van der Waals surface area contributed by atoms with E-state index in [1.54, 1.807) is 0 Å². The van der Waals surface area contributed by atoms with E-state index in [-0.39, 0.29) is 11.3 Å². The van der Waals surface area contributed by atoms with Gasteiger partial charge in [0.1, 0.15) is 0 Å². The second kappa shape index (κ2) is 5.23. The summed E-state index contributed by atoms with van der Waals surface area (Å²) in [4.78, 5) is 22.5.